The van der Waals surface area contributed by atoms with E-state index in [2.05, 4.69) is 39.9 Å². The van der Waals surface area contributed by atoms with Crippen LogP contribution in [-0.4, -0.2) is 36.5 Å². The molecule has 0 radical (unpaired) electrons. The van der Waals surface area contributed by atoms with Crippen LogP contribution >= 0.6 is 0 Å². The standard InChI is InChI=1S/C12H26N2O/c1-7-10(4)13-8-12(15)14(6)11(5)9(2)3/h9-11,13H,7-8H2,1-6H3. The monoisotopic (exact) mass is 214 g/mol. The average Bonchev–Trinajstić information content (AvgIpc) is 2.22. The zero-order valence-corrected chi connectivity index (χ0v) is 11.0. The summed E-state index contributed by atoms with van der Waals surface area (Å²) in [5.74, 6) is 0.680. The summed E-state index contributed by atoms with van der Waals surface area (Å²) in [7, 11) is 1.88. The van der Waals surface area contributed by atoms with Gasteiger partial charge in [-0.05, 0) is 26.2 Å². The Bertz CT molecular complexity index is 192. The van der Waals surface area contributed by atoms with E-state index < -0.39 is 0 Å². The van der Waals surface area contributed by atoms with E-state index in [9.17, 15) is 4.79 Å². The number of carbonyl (C=O) groups is 1. The lowest BCUT2D eigenvalue weighted by Gasteiger charge is -2.28. The predicted molar refractivity (Wildman–Crippen MR) is 64.8 cm³/mol. The van der Waals surface area contributed by atoms with Gasteiger partial charge in [-0.3, -0.25) is 4.79 Å². The van der Waals surface area contributed by atoms with Gasteiger partial charge in [0.05, 0.1) is 6.54 Å². The fourth-order valence-electron chi connectivity index (χ4n) is 1.20. The number of carbonyl (C=O) groups excluding carboxylic acids is 1. The lowest BCUT2D eigenvalue weighted by molar-refractivity contribution is -0.131. The second kappa shape index (κ2) is 6.83. The van der Waals surface area contributed by atoms with E-state index >= 15 is 0 Å². The number of nitrogens with zero attached hydrogens (tertiary/aromatic N) is 1. The fraction of sp³-hybridized carbons (Fsp3) is 0.917. The first-order chi connectivity index (χ1) is 6.90. The summed E-state index contributed by atoms with van der Waals surface area (Å²) in [6, 6.07) is 0.716. The van der Waals surface area contributed by atoms with Crippen molar-refractivity contribution in [3.63, 3.8) is 0 Å². The molecule has 1 amide bonds. The second-order valence-electron chi connectivity index (χ2n) is 4.68. The van der Waals surface area contributed by atoms with E-state index in [1.165, 1.54) is 0 Å². The summed E-state index contributed by atoms with van der Waals surface area (Å²) in [5, 5.41) is 3.22. The molecule has 0 aromatic carbocycles. The van der Waals surface area contributed by atoms with Crippen molar-refractivity contribution in [3.8, 4) is 0 Å². The van der Waals surface area contributed by atoms with Gasteiger partial charge in [0.15, 0.2) is 0 Å². The molecule has 0 saturated carbocycles. The number of hydrogen-bond donors (Lipinski definition) is 1. The summed E-state index contributed by atoms with van der Waals surface area (Å²) >= 11 is 0. The Labute approximate surface area is 94.2 Å². The van der Waals surface area contributed by atoms with Crippen molar-refractivity contribution in [3.05, 3.63) is 0 Å². The van der Waals surface area contributed by atoms with Crippen LogP contribution in [-0.2, 0) is 4.79 Å². The van der Waals surface area contributed by atoms with Crippen molar-refractivity contribution in [1.82, 2.24) is 10.2 Å². The van der Waals surface area contributed by atoms with Crippen molar-refractivity contribution in [2.45, 2.75) is 53.1 Å². The highest BCUT2D eigenvalue weighted by molar-refractivity contribution is 5.78. The summed E-state index contributed by atoms with van der Waals surface area (Å²) in [6.07, 6.45) is 1.05. The van der Waals surface area contributed by atoms with Crippen LogP contribution in [0.2, 0.25) is 0 Å². The van der Waals surface area contributed by atoms with Crippen LogP contribution in [0.25, 0.3) is 0 Å². The van der Waals surface area contributed by atoms with Crippen LogP contribution in [0.3, 0.4) is 0 Å². The Morgan fingerprint density at radius 2 is 1.80 bits per heavy atom. The fourth-order valence-corrected chi connectivity index (χ4v) is 1.20. The zero-order valence-electron chi connectivity index (χ0n) is 11.0. The number of hydrogen-bond acceptors (Lipinski definition) is 2. The Balaban J connectivity index is 3.99. The van der Waals surface area contributed by atoms with Crippen LogP contribution in [0.4, 0.5) is 0 Å². The van der Waals surface area contributed by atoms with Crippen molar-refractivity contribution >= 4 is 5.91 Å². The number of likely N-dealkylation sites (N-methyl/N-ethyl adjacent to an activating group) is 1. The zero-order chi connectivity index (χ0) is 12.0. The first kappa shape index (κ1) is 14.4. The Kier molecular flexibility index (Phi) is 6.57. The lowest BCUT2D eigenvalue weighted by atomic mass is 10.1. The molecular formula is C12H26N2O. The lowest BCUT2D eigenvalue weighted by Crippen LogP contribution is -2.44. The Morgan fingerprint density at radius 3 is 2.20 bits per heavy atom. The van der Waals surface area contributed by atoms with Crippen molar-refractivity contribution in [2.24, 2.45) is 5.92 Å². The Morgan fingerprint density at radius 1 is 1.27 bits per heavy atom. The Hall–Kier alpha value is -0.570. The molecule has 0 fully saturated rings. The molecule has 0 bridgehead atoms. The first-order valence-corrected chi connectivity index (χ1v) is 5.89. The molecule has 2 atom stereocenters. The molecule has 0 aromatic rings. The number of amides is 1. The molecule has 3 heteroatoms. The van der Waals surface area contributed by atoms with Crippen molar-refractivity contribution in [2.75, 3.05) is 13.6 Å². The normalized spacial score (nSPS) is 15.1. The molecular weight excluding hydrogens is 188 g/mol. The second-order valence-corrected chi connectivity index (χ2v) is 4.68. The minimum atomic E-state index is 0.177. The van der Waals surface area contributed by atoms with Crippen molar-refractivity contribution < 1.29 is 4.79 Å². The summed E-state index contributed by atoms with van der Waals surface area (Å²) in [6.45, 7) is 11.0. The van der Waals surface area contributed by atoms with Gasteiger partial charge in [0.25, 0.3) is 0 Å². The van der Waals surface area contributed by atoms with Crippen LogP contribution < -0.4 is 5.32 Å². The summed E-state index contributed by atoms with van der Waals surface area (Å²) in [4.78, 5) is 13.6. The van der Waals surface area contributed by atoms with E-state index in [1.54, 1.807) is 0 Å². The van der Waals surface area contributed by atoms with Gasteiger partial charge in [-0.15, -0.1) is 0 Å². The van der Waals surface area contributed by atoms with E-state index in [-0.39, 0.29) is 5.91 Å². The van der Waals surface area contributed by atoms with Crippen molar-refractivity contribution in [1.29, 1.82) is 0 Å². The van der Waals surface area contributed by atoms with Crippen LogP contribution in [0.5, 0.6) is 0 Å². The molecule has 90 valence electrons. The third-order valence-corrected chi connectivity index (χ3v) is 3.18. The third-order valence-electron chi connectivity index (χ3n) is 3.18. The quantitative estimate of drug-likeness (QED) is 0.732. The van der Waals surface area contributed by atoms with Gasteiger partial charge in [0.1, 0.15) is 0 Å². The first-order valence-electron chi connectivity index (χ1n) is 5.89. The van der Waals surface area contributed by atoms with E-state index in [0.29, 0.717) is 24.5 Å². The van der Waals surface area contributed by atoms with Gasteiger partial charge in [0, 0.05) is 19.1 Å². The molecule has 2 unspecified atom stereocenters. The maximum absolute atomic E-state index is 11.8. The molecule has 15 heavy (non-hydrogen) atoms. The third kappa shape index (κ3) is 5.17. The van der Waals surface area contributed by atoms with Gasteiger partial charge >= 0.3 is 0 Å². The molecule has 0 aliphatic heterocycles. The van der Waals surface area contributed by atoms with Crippen LogP contribution in [0.1, 0.15) is 41.0 Å². The average molecular weight is 214 g/mol. The van der Waals surface area contributed by atoms with Gasteiger partial charge < -0.3 is 10.2 Å². The predicted octanol–water partition coefficient (Wildman–Crippen LogP) is 1.88. The molecule has 0 aliphatic carbocycles. The van der Waals surface area contributed by atoms with E-state index in [0.717, 1.165) is 6.42 Å². The summed E-state index contributed by atoms with van der Waals surface area (Å²) < 4.78 is 0. The molecule has 1 N–H and O–H groups in total. The molecule has 0 aliphatic rings. The van der Waals surface area contributed by atoms with Crippen LogP contribution in [0.15, 0.2) is 0 Å². The minimum Gasteiger partial charge on any atom is -0.342 e. The van der Waals surface area contributed by atoms with Gasteiger partial charge in [-0.25, -0.2) is 0 Å². The molecule has 0 rings (SSSR count). The highest BCUT2D eigenvalue weighted by atomic mass is 16.2. The molecule has 0 heterocycles. The molecule has 0 aromatic heterocycles. The van der Waals surface area contributed by atoms with E-state index in [4.69, 9.17) is 0 Å². The molecule has 0 spiro atoms. The maximum Gasteiger partial charge on any atom is 0.236 e. The molecule has 3 nitrogen and oxygen atoms in total. The topological polar surface area (TPSA) is 32.3 Å². The highest BCUT2D eigenvalue weighted by Crippen LogP contribution is 2.07. The highest BCUT2D eigenvalue weighted by Gasteiger charge is 2.18. The molecule has 0 saturated heterocycles. The largest absolute Gasteiger partial charge is 0.342 e. The maximum atomic E-state index is 11.8. The van der Waals surface area contributed by atoms with Gasteiger partial charge in [-0.1, -0.05) is 20.8 Å². The van der Waals surface area contributed by atoms with E-state index in [1.807, 2.05) is 11.9 Å². The SMILES string of the molecule is CCC(C)NCC(=O)N(C)C(C)C(C)C. The van der Waals surface area contributed by atoms with Gasteiger partial charge in [-0.2, -0.15) is 0 Å². The minimum absolute atomic E-state index is 0.177. The number of nitrogens with one attached hydrogen (secondary N) is 1. The van der Waals surface area contributed by atoms with Gasteiger partial charge in [0.2, 0.25) is 5.91 Å². The number of rotatable bonds is 6. The van der Waals surface area contributed by atoms with Crippen LogP contribution in [0, 0.1) is 5.92 Å². The smallest absolute Gasteiger partial charge is 0.236 e. The summed E-state index contributed by atoms with van der Waals surface area (Å²) in [5.41, 5.74) is 0.